The van der Waals surface area contributed by atoms with Gasteiger partial charge in [0.1, 0.15) is 0 Å². The zero-order chi connectivity index (χ0) is 9.31. The van der Waals surface area contributed by atoms with Gasteiger partial charge in [-0.1, -0.05) is 25.7 Å². The lowest BCUT2D eigenvalue weighted by Gasteiger charge is -2.43. The van der Waals surface area contributed by atoms with Gasteiger partial charge in [-0.2, -0.15) is 0 Å². The molecule has 1 N–H and O–H groups in total. The molecule has 2 rings (SSSR count). The first kappa shape index (κ1) is 9.58. The fourth-order valence-electron chi connectivity index (χ4n) is 3.70. The van der Waals surface area contributed by atoms with Gasteiger partial charge in [-0.3, -0.25) is 0 Å². The second-order valence-corrected chi connectivity index (χ2v) is 5.90. The van der Waals surface area contributed by atoms with Gasteiger partial charge >= 0.3 is 0 Å². The molecule has 13 heavy (non-hydrogen) atoms. The highest BCUT2D eigenvalue weighted by Gasteiger charge is 2.37. The highest BCUT2D eigenvalue weighted by molar-refractivity contribution is 6.70. The summed E-state index contributed by atoms with van der Waals surface area (Å²) in [6.45, 7) is 8.06. The first-order valence-electron chi connectivity index (χ1n) is 6.30. The molecule has 0 aromatic heterocycles. The summed E-state index contributed by atoms with van der Waals surface area (Å²) in [4.78, 5) is 1.95. The molecule has 1 heterocycles. The van der Waals surface area contributed by atoms with Crippen LogP contribution in [0.2, 0.25) is 19.5 Å². The van der Waals surface area contributed by atoms with Crippen LogP contribution in [0, 0.1) is 0 Å². The van der Waals surface area contributed by atoms with E-state index in [-0.39, 0.29) is 6.28 Å². The van der Waals surface area contributed by atoms with E-state index in [0.717, 1.165) is 5.82 Å². The summed E-state index contributed by atoms with van der Waals surface area (Å²) in [6, 6.07) is 0. The average Bonchev–Trinajstić information content (AvgIpc) is 2.78. The maximum absolute atomic E-state index is 2.57. The van der Waals surface area contributed by atoms with Crippen LogP contribution >= 0.6 is 0 Å². The largest absolute Gasteiger partial charge is 0.526 e. The summed E-state index contributed by atoms with van der Waals surface area (Å²) in [5.41, 5.74) is 0. The van der Waals surface area contributed by atoms with Crippen LogP contribution in [0.25, 0.3) is 0 Å². The minimum atomic E-state index is -0.0972. The van der Waals surface area contributed by atoms with Crippen LogP contribution < -0.4 is 4.81 Å². The van der Waals surface area contributed by atoms with E-state index in [1.54, 1.807) is 0 Å². The first-order chi connectivity index (χ1) is 6.21. The van der Waals surface area contributed by atoms with Gasteiger partial charge < -0.3 is 4.81 Å². The molecule has 0 amide bonds. The monoisotopic (exact) mass is 181 g/mol. The van der Waals surface area contributed by atoms with Gasteiger partial charge in [-0.05, 0) is 12.8 Å². The molecule has 0 aromatic rings. The molecule has 76 valence electrons. The Bertz CT molecular complexity index is 149. The lowest BCUT2D eigenvalue weighted by atomic mass is 9.29. The highest BCUT2D eigenvalue weighted by atomic mass is 15.1. The normalized spacial score (nSPS) is 27.2. The molecular weight excluding hydrogens is 157 g/mol. The van der Waals surface area contributed by atoms with Crippen molar-refractivity contribution in [2.24, 2.45) is 0 Å². The molecular formula is C11H24BN. The summed E-state index contributed by atoms with van der Waals surface area (Å²) < 4.78 is 0. The van der Waals surface area contributed by atoms with E-state index < -0.39 is 0 Å². The average molecular weight is 181 g/mol. The number of quaternary nitrogens is 1. The Labute approximate surface area is 82.8 Å². The van der Waals surface area contributed by atoms with Gasteiger partial charge in [0.25, 0.3) is 0 Å². The molecule has 1 aliphatic carbocycles. The summed E-state index contributed by atoms with van der Waals surface area (Å²) in [7, 11) is 0. The highest BCUT2D eigenvalue weighted by Crippen LogP contribution is 2.35. The third-order valence-corrected chi connectivity index (χ3v) is 4.88. The molecule has 1 saturated carbocycles. The molecule has 0 atom stereocenters. The zero-order valence-electron chi connectivity index (χ0n) is 9.31. The topological polar surface area (TPSA) is 4.44 Å². The summed E-state index contributed by atoms with van der Waals surface area (Å²) >= 11 is 0. The van der Waals surface area contributed by atoms with Crippen molar-refractivity contribution in [3.63, 3.8) is 0 Å². The predicted molar refractivity (Wildman–Crippen MR) is 59.6 cm³/mol. The minimum absolute atomic E-state index is 0.0972. The van der Waals surface area contributed by atoms with Crippen molar-refractivity contribution in [1.29, 1.82) is 0 Å². The number of rotatable bonds is 2. The van der Waals surface area contributed by atoms with E-state index in [4.69, 9.17) is 0 Å². The Kier molecular flexibility index (Phi) is 2.68. The fourth-order valence-corrected chi connectivity index (χ4v) is 3.70. The third-order valence-electron chi connectivity index (χ3n) is 4.88. The summed E-state index contributed by atoms with van der Waals surface area (Å²) in [6.07, 6.45) is 8.92. The molecule has 0 radical (unpaired) electrons. The second kappa shape index (κ2) is 3.64. The summed E-state index contributed by atoms with van der Waals surface area (Å²) in [5.74, 6) is 1.08. The minimum Gasteiger partial charge on any atom is -0.526 e. The van der Waals surface area contributed by atoms with Gasteiger partial charge in [-0.25, -0.2) is 0 Å². The summed E-state index contributed by atoms with van der Waals surface area (Å²) in [5, 5.41) is 0. The lowest BCUT2D eigenvalue weighted by Crippen LogP contribution is -3.20. The molecule has 0 spiro atoms. The van der Waals surface area contributed by atoms with Crippen LogP contribution in [0.4, 0.5) is 0 Å². The molecule has 2 aliphatic rings. The molecule has 1 nitrogen and oxygen atoms in total. The van der Waals surface area contributed by atoms with Crippen molar-refractivity contribution in [2.45, 2.75) is 58.0 Å². The number of hydrogen-bond acceptors (Lipinski definition) is 0. The fraction of sp³-hybridized carbons (Fsp3) is 1.00. The maximum atomic E-state index is 2.57. The standard InChI is InChI=1S/C11H24BN/c1-12(2,11-7-3-4-8-11)13-9-5-6-10-13/h11,13H,3-10H2,1-2H3. The Morgan fingerprint density at radius 1 is 0.923 bits per heavy atom. The number of hydrogen-bond donors (Lipinski definition) is 1. The van der Waals surface area contributed by atoms with Gasteiger partial charge in [0.05, 0.1) is 0 Å². The van der Waals surface area contributed by atoms with Crippen molar-refractivity contribution >= 4 is 6.28 Å². The van der Waals surface area contributed by atoms with E-state index >= 15 is 0 Å². The van der Waals surface area contributed by atoms with Crippen molar-refractivity contribution in [2.75, 3.05) is 13.1 Å². The Balaban J connectivity index is 1.99. The second-order valence-electron chi connectivity index (χ2n) is 5.90. The first-order valence-corrected chi connectivity index (χ1v) is 6.30. The van der Waals surface area contributed by atoms with Crippen LogP contribution in [0.1, 0.15) is 38.5 Å². The molecule has 0 unspecified atom stereocenters. The van der Waals surface area contributed by atoms with E-state index in [0.29, 0.717) is 0 Å². The van der Waals surface area contributed by atoms with E-state index in [1.165, 1.54) is 51.6 Å². The van der Waals surface area contributed by atoms with Gasteiger partial charge in [0.2, 0.25) is 6.28 Å². The molecule has 1 saturated heterocycles. The molecule has 2 heteroatoms. The molecule has 1 aliphatic heterocycles. The van der Waals surface area contributed by atoms with Crippen molar-refractivity contribution < 1.29 is 4.81 Å². The molecule has 2 fully saturated rings. The Morgan fingerprint density at radius 3 is 2.00 bits per heavy atom. The van der Waals surface area contributed by atoms with Crippen molar-refractivity contribution in [3.05, 3.63) is 0 Å². The zero-order valence-corrected chi connectivity index (χ0v) is 9.31. The van der Waals surface area contributed by atoms with Crippen molar-refractivity contribution in [1.82, 2.24) is 0 Å². The van der Waals surface area contributed by atoms with Crippen LogP contribution in [-0.2, 0) is 0 Å². The SMILES string of the molecule is C[B-](C)(C1CCCC1)[NH+]1CCCC1. The Morgan fingerprint density at radius 2 is 1.46 bits per heavy atom. The van der Waals surface area contributed by atoms with E-state index in [1.807, 2.05) is 4.81 Å². The third kappa shape index (κ3) is 1.78. The van der Waals surface area contributed by atoms with Crippen LogP contribution in [0.5, 0.6) is 0 Å². The number of nitrogens with one attached hydrogen (secondary N) is 1. The lowest BCUT2D eigenvalue weighted by molar-refractivity contribution is -0.783. The van der Waals surface area contributed by atoms with Crippen LogP contribution in [0.3, 0.4) is 0 Å². The maximum Gasteiger partial charge on any atom is 0.205 e. The van der Waals surface area contributed by atoms with E-state index in [9.17, 15) is 0 Å². The van der Waals surface area contributed by atoms with Gasteiger partial charge in [0, 0.05) is 13.1 Å². The van der Waals surface area contributed by atoms with Crippen LogP contribution in [0.15, 0.2) is 0 Å². The van der Waals surface area contributed by atoms with Crippen molar-refractivity contribution in [3.8, 4) is 0 Å². The predicted octanol–water partition coefficient (Wildman–Crippen LogP) is 1.81. The molecule has 0 aromatic carbocycles. The molecule has 0 bridgehead atoms. The van der Waals surface area contributed by atoms with Crippen LogP contribution in [-0.4, -0.2) is 19.4 Å². The quantitative estimate of drug-likeness (QED) is 0.619. The van der Waals surface area contributed by atoms with Gasteiger partial charge in [-0.15, -0.1) is 19.5 Å². The Hall–Kier alpha value is 0.0249. The van der Waals surface area contributed by atoms with Gasteiger partial charge in [0.15, 0.2) is 0 Å². The van der Waals surface area contributed by atoms with E-state index in [2.05, 4.69) is 13.6 Å². The smallest absolute Gasteiger partial charge is 0.205 e.